The number of aryl methyl sites for hydroxylation is 1. The number of ether oxygens (including phenoxy) is 1. The van der Waals surface area contributed by atoms with Crippen molar-refractivity contribution in [2.45, 2.75) is 77.0 Å². The number of nitrogens with zero attached hydrogens (tertiary/aromatic N) is 6. The van der Waals surface area contributed by atoms with Crippen LogP contribution < -0.4 is 10.1 Å². The summed E-state index contributed by atoms with van der Waals surface area (Å²) in [6.07, 6.45) is 0.0881. The van der Waals surface area contributed by atoms with E-state index < -0.39 is 23.6 Å². The van der Waals surface area contributed by atoms with E-state index in [9.17, 15) is 19.8 Å². The van der Waals surface area contributed by atoms with Gasteiger partial charge < -0.3 is 39.6 Å². The van der Waals surface area contributed by atoms with Crippen molar-refractivity contribution in [3.05, 3.63) is 95.0 Å². The molecule has 0 aliphatic carbocycles. The Balaban J connectivity index is 0.827. The molecule has 6 heterocycles. The molecule has 2 saturated heterocycles. The number of phenolic OH excluding ortho intramolecular Hbond substituents is 1. The molecule has 2 aromatic carbocycles. The molecule has 14 nitrogen and oxygen atoms in total. The SMILES string of the molecule is Cc1ncsc1-c1ccc(C(C)(C)NC(=O)[C@@H]2C[C@@H](O)CN2C(=O)[C@@H](c2cc(OCCCN3CC(c4cc5cc(-c6ccccc6O)nnc5[nH]4)C3)no2)C(C)C)cc1. The lowest BCUT2D eigenvalue weighted by molar-refractivity contribution is -0.141. The second-order valence-corrected chi connectivity index (χ2v) is 17.4. The summed E-state index contributed by atoms with van der Waals surface area (Å²) in [5.41, 5.74) is 7.17. The van der Waals surface area contributed by atoms with Gasteiger partial charge in [0.1, 0.15) is 17.7 Å². The second kappa shape index (κ2) is 16.5. The quantitative estimate of drug-likeness (QED) is 0.0897. The second-order valence-electron chi connectivity index (χ2n) is 16.6. The van der Waals surface area contributed by atoms with Crippen molar-refractivity contribution >= 4 is 34.2 Å². The predicted octanol–water partition coefficient (Wildman–Crippen LogP) is 6.37. The normalized spacial score (nSPS) is 18.1. The number of aliphatic hydroxyl groups excluding tert-OH is 1. The Hall–Kier alpha value is -5.64. The summed E-state index contributed by atoms with van der Waals surface area (Å²) in [6.45, 7) is 12.8. The van der Waals surface area contributed by atoms with Crippen LogP contribution in [-0.4, -0.2) is 102 Å². The van der Waals surface area contributed by atoms with Crippen LogP contribution in [0.2, 0.25) is 0 Å². The third-order valence-electron chi connectivity index (χ3n) is 11.5. The first kappa shape index (κ1) is 40.2. The van der Waals surface area contributed by atoms with Crippen molar-refractivity contribution in [1.82, 2.24) is 40.4 Å². The number of rotatable bonds is 14. The molecule has 8 rings (SSSR count). The van der Waals surface area contributed by atoms with Gasteiger partial charge >= 0.3 is 0 Å². The van der Waals surface area contributed by atoms with Crippen LogP contribution in [0.25, 0.3) is 32.7 Å². The molecule has 4 N–H and O–H groups in total. The molecule has 0 saturated carbocycles. The van der Waals surface area contributed by atoms with Gasteiger partial charge in [0.25, 0.3) is 5.88 Å². The van der Waals surface area contributed by atoms with E-state index in [0.717, 1.165) is 64.5 Å². The van der Waals surface area contributed by atoms with E-state index in [1.54, 1.807) is 29.5 Å². The van der Waals surface area contributed by atoms with Crippen LogP contribution in [0.1, 0.15) is 75.1 Å². The highest BCUT2D eigenvalue weighted by Crippen LogP contribution is 2.35. The number of aliphatic hydroxyl groups is 1. The summed E-state index contributed by atoms with van der Waals surface area (Å²) in [4.78, 5) is 40.7. The van der Waals surface area contributed by atoms with Gasteiger partial charge in [0, 0.05) is 61.2 Å². The fraction of sp³-hybridized carbons (Fsp3) is 0.409. The van der Waals surface area contributed by atoms with Gasteiger partial charge in [-0.05, 0) is 73.7 Å². The first-order valence-corrected chi connectivity index (χ1v) is 21.0. The smallest absolute Gasteiger partial charge is 0.254 e. The van der Waals surface area contributed by atoms with Crippen LogP contribution in [0.3, 0.4) is 0 Å². The van der Waals surface area contributed by atoms with Crippen molar-refractivity contribution in [2.75, 3.05) is 32.8 Å². The lowest BCUT2D eigenvalue weighted by Crippen LogP contribution is -2.52. The molecule has 4 aromatic heterocycles. The summed E-state index contributed by atoms with van der Waals surface area (Å²) >= 11 is 1.59. The zero-order valence-corrected chi connectivity index (χ0v) is 34.7. The number of β-amino-alcohol motifs (C(OH)–C–C–N with tert-alkyl or cyclic N) is 1. The fourth-order valence-corrected chi connectivity index (χ4v) is 9.01. The molecule has 6 aromatic rings. The molecule has 59 heavy (non-hydrogen) atoms. The number of hydrogen-bond donors (Lipinski definition) is 4. The van der Waals surface area contributed by atoms with Crippen LogP contribution in [0.5, 0.6) is 11.6 Å². The maximum absolute atomic E-state index is 14.2. The Labute approximate surface area is 346 Å². The average molecular weight is 819 g/mol. The third-order valence-corrected chi connectivity index (χ3v) is 12.5. The van der Waals surface area contributed by atoms with Gasteiger partial charge in [-0.2, -0.15) is 0 Å². The lowest BCUT2D eigenvalue weighted by atomic mass is 9.91. The fourth-order valence-electron chi connectivity index (χ4n) is 8.20. The Morgan fingerprint density at radius 1 is 1.07 bits per heavy atom. The molecular weight excluding hydrogens is 769 g/mol. The van der Waals surface area contributed by atoms with Gasteiger partial charge in [0.2, 0.25) is 11.8 Å². The van der Waals surface area contributed by atoms with E-state index >= 15 is 0 Å². The number of thiazole rings is 1. The molecule has 3 atom stereocenters. The Kier molecular flexibility index (Phi) is 11.3. The summed E-state index contributed by atoms with van der Waals surface area (Å²) < 4.78 is 11.6. The molecule has 2 amide bonds. The number of nitrogens with one attached hydrogen (secondary N) is 2. The zero-order valence-electron chi connectivity index (χ0n) is 33.9. The molecular formula is C44H50N8O6S. The molecule has 0 spiro atoms. The van der Waals surface area contributed by atoms with Crippen LogP contribution in [0.15, 0.2) is 76.8 Å². The average Bonchev–Trinajstić information content (AvgIpc) is 4.01. The molecule has 2 aliphatic heterocycles. The van der Waals surface area contributed by atoms with Crippen LogP contribution >= 0.6 is 11.3 Å². The van der Waals surface area contributed by atoms with Crippen molar-refractivity contribution < 1.29 is 29.1 Å². The summed E-state index contributed by atoms with van der Waals surface area (Å²) in [5, 5.41) is 37.8. The highest BCUT2D eigenvalue weighted by Gasteiger charge is 2.44. The highest BCUT2D eigenvalue weighted by atomic mass is 32.1. The number of amides is 2. The molecule has 0 radical (unpaired) electrons. The molecule has 15 heteroatoms. The Morgan fingerprint density at radius 2 is 1.85 bits per heavy atom. The van der Waals surface area contributed by atoms with Crippen molar-refractivity contribution in [2.24, 2.45) is 5.92 Å². The summed E-state index contributed by atoms with van der Waals surface area (Å²) in [7, 11) is 0. The van der Waals surface area contributed by atoms with E-state index in [0.29, 0.717) is 35.4 Å². The van der Waals surface area contributed by atoms with Gasteiger partial charge in [0.05, 0.1) is 40.0 Å². The maximum atomic E-state index is 14.2. The number of para-hydroxylation sites is 1. The topological polar surface area (TPSA) is 183 Å². The van der Waals surface area contributed by atoms with Crippen LogP contribution in [0, 0.1) is 12.8 Å². The Morgan fingerprint density at radius 3 is 2.58 bits per heavy atom. The number of aromatic nitrogens is 5. The van der Waals surface area contributed by atoms with Gasteiger partial charge in [-0.15, -0.1) is 21.5 Å². The monoisotopic (exact) mass is 818 g/mol. The number of likely N-dealkylation sites (tertiary alicyclic amines) is 2. The molecule has 2 fully saturated rings. The van der Waals surface area contributed by atoms with Gasteiger partial charge in [-0.25, -0.2) is 4.98 Å². The van der Waals surface area contributed by atoms with Gasteiger partial charge in [-0.3, -0.25) is 9.59 Å². The van der Waals surface area contributed by atoms with Gasteiger partial charge in [-0.1, -0.05) is 50.2 Å². The van der Waals surface area contributed by atoms with Crippen molar-refractivity contribution in [1.29, 1.82) is 0 Å². The Bertz CT molecular complexity index is 2430. The largest absolute Gasteiger partial charge is 0.507 e. The molecule has 308 valence electrons. The first-order chi connectivity index (χ1) is 28.3. The number of H-pyrrole nitrogens is 1. The van der Waals surface area contributed by atoms with Crippen molar-refractivity contribution in [3.8, 4) is 33.3 Å². The molecule has 2 aliphatic rings. The number of hydrogen-bond acceptors (Lipinski definition) is 12. The summed E-state index contributed by atoms with van der Waals surface area (Å²) in [6, 6.07) is 20.0. The number of carbonyl (C=O) groups is 2. The minimum absolute atomic E-state index is 0.0489. The first-order valence-electron chi connectivity index (χ1n) is 20.1. The number of fused-ring (bicyclic) bond motifs is 1. The van der Waals surface area contributed by atoms with E-state index in [2.05, 4.69) is 41.6 Å². The standard InChI is InChI=1S/C44H50N8O6S/c1-25(2)39(43(56)52-23-31(53)19-35(52)42(55)47-44(4,5)30-13-11-27(12-14-30)40-26(3)45-24-59-40)37-20-38(50-58-37)57-16-8-15-51-21-29(22-51)33-17-28-18-34(48-49-41(28)46-33)32-9-6-7-10-36(32)54/h6-7,9-14,17-18,20,24-25,29,31,35,39,53-54H,8,15-16,19,21-23H2,1-5H3,(H,46,49)(H,47,55)/t31-,35+,39-/m1/s1. The third kappa shape index (κ3) is 8.45. The molecule has 0 unspecified atom stereocenters. The van der Waals surface area contributed by atoms with E-state index in [-0.39, 0.29) is 36.4 Å². The maximum Gasteiger partial charge on any atom is 0.254 e. The highest BCUT2D eigenvalue weighted by molar-refractivity contribution is 7.13. The minimum atomic E-state index is -0.843. The number of phenols is 1. The lowest BCUT2D eigenvalue weighted by Gasteiger charge is -2.38. The number of aromatic amines is 1. The van der Waals surface area contributed by atoms with E-state index in [4.69, 9.17) is 9.26 Å². The van der Waals surface area contributed by atoms with Gasteiger partial charge in [0.15, 0.2) is 11.4 Å². The number of benzene rings is 2. The van der Waals surface area contributed by atoms with E-state index in [1.165, 1.54) is 4.90 Å². The summed E-state index contributed by atoms with van der Waals surface area (Å²) in [5.74, 6) is -0.331. The van der Waals surface area contributed by atoms with Crippen LogP contribution in [0.4, 0.5) is 0 Å². The zero-order chi connectivity index (χ0) is 41.4. The minimum Gasteiger partial charge on any atom is -0.507 e. The predicted molar refractivity (Wildman–Crippen MR) is 224 cm³/mol. The van der Waals surface area contributed by atoms with E-state index in [1.807, 2.05) is 82.6 Å². The number of aromatic hydroxyl groups is 1. The van der Waals surface area contributed by atoms with Crippen LogP contribution in [-0.2, 0) is 15.1 Å². The number of carbonyl (C=O) groups excluding carboxylic acids is 2. The molecule has 0 bridgehead atoms. The van der Waals surface area contributed by atoms with Crippen molar-refractivity contribution in [3.63, 3.8) is 0 Å².